The van der Waals surface area contributed by atoms with E-state index in [0.717, 1.165) is 0 Å². The van der Waals surface area contributed by atoms with Crippen LogP contribution in [0.15, 0.2) is 42.6 Å². The molecular formula is C16H15N5O3S. The van der Waals surface area contributed by atoms with Crippen molar-refractivity contribution >= 4 is 32.3 Å². The summed E-state index contributed by atoms with van der Waals surface area (Å²) in [4.78, 5) is 7.28. The van der Waals surface area contributed by atoms with E-state index in [1.165, 1.54) is 0 Å². The zero-order chi connectivity index (χ0) is 17.6. The Balaban J connectivity index is 1.89. The molecule has 0 spiro atoms. The van der Waals surface area contributed by atoms with Gasteiger partial charge in [0.25, 0.3) is 0 Å². The zero-order valence-corrected chi connectivity index (χ0v) is 14.1. The summed E-state index contributed by atoms with van der Waals surface area (Å²) in [6.45, 7) is 1.56. The van der Waals surface area contributed by atoms with Crippen molar-refractivity contribution in [2.24, 2.45) is 0 Å². The third kappa shape index (κ3) is 2.68. The number of aromatic hydroxyl groups is 1. The second-order valence-corrected chi connectivity index (χ2v) is 7.56. The van der Waals surface area contributed by atoms with Crippen molar-refractivity contribution in [3.8, 4) is 17.3 Å². The quantitative estimate of drug-likeness (QED) is 0.519. The van der Waals surface area contributed by atoms with E-state index >= 15 is 0 Å². The van der Waals surface area contributed by atoms with E-state index in [2.05, 4.69) is 19.8 Å². The van der Waals surface area contributed by atoms with E-state index in [9.17, 15) is 13.5 Å². The third-order valence-corrected chi connectivity index (χ3v) is 5.20. The third-order valence-electron chi connectivity index (χ3n) is 3.90. The zero-order valence-electron chi connectivity index (χ0n) is 13.3. The first-order valence-electron chi connectivity index (χ1n) is 7.64. The van der Waals surface area contributed by atoms with Gasteiger partial charge in [-0.2, -0.15) is 0 Å². The lowest BCUT2D eigenvalue weighted by molar-refractivity contribution is 0.460. The molecule has 4 aromatic rings. The van der Waals surface area contributed by atoms with Crippen molar-refractivity contribution < 1.29 is 13.5 Å². The molecule has 9 heteroatoms. The minimum Gasteiger partial charge on any atom is -0.494 e. The van der Waals surface area contributed by atoms with Crippen LogP contribution in [0.5, 0.6) is 5.88 Å². The van der Waals surface area contributed by atoms with Crippen LogP contribution in [0.2, 0.25) is 0 Å². The molecular weight excluding hydrogens is 342 g/mol. The Morgan fingerprint density at radius 2 is 2.12 bits per heavy atom. The molecule has 0 aliphatic heterocycles. The molecule has 128 valence electrons. The van der Waals surface area contributed by atoms with Gasteiger partial charge in [0.1, 0.15) is 0 Å². The van der Waals surface area contributed by atoms with Gasteiger partial charge in [0.05, 0.1) is 11.3 Å². The number of pyridine rings is 1. The van der Waals surface area contributed by atoms with Crippen LogP contribution in [-0.2, 0) is 10.0 Å². The SMILES string of the molecule is CCS(=O)(=O)Nc1ccc2[nH]c(O)c(-c3nc4ccccn4n3)c2c1. The largest absolute Gasteiger partial charge is 0.494 e. The molecule has 8 nitrogen and oxygen atoms in total. The molecule has 0 aliphatic rings. The summed E-state index contributed by atoms with van der Waals surface area (Å²) in [6, 6.07) is 10.5. The predicted molar refractivity (Wildman–Crippen MR) is 95.0 cm³/mol. The topological polar surface area (TPSA) is 112 Å². The molecule has 0 saturated heterocycles. The van der Waals surface area contributed by atoms with Gasteiger partial charge in [0, 0.05) is 22.8 Å². The maximum atomic E-state index is 11.8. The van der Waals surface area contributed by atoms with Crippen molar-refractivity contribution in [2.45, 2.75) is 6.92 Å². The van der Waals surface area contributed by atoms with E-state index in [1.807, 2.05) is 18.2 Å². The second kappa shape index (κ2) is 5.49. The number of nitrogens with zero attached hydrogens (tertiary/aromatic N) is 3. The molecule has 3 heterocycles. The summed E-state index contributed by atoms with van der Waals surface area (Å²) in [5.41, 5.74) is 2.15. The molecule has 0 amide bonds. The molecule has 0 atom stereocenters. The number of rotatable bonds is 4. The van der Waals surface area contributed by atoms with Crippen molar-refractivity contribution in [3.63, 3.8) is 0 Å². The molecule has 4 rings (SSSR count). The Labute approximate surface area is 143 Å². The Kier molecular flexibility index (Phi) is 3.39. The van der Waals surface area contributed by atoms with Gasteiger partial charge in [-0.15, -0.1) is 5.10 Å². The molecule has 0 bridgehead atoms. The van der Waals surface area contributed by atoms with Gasteiger partial charge >= 0.3 is 0 Å². The second-order valence-electron chi connectivity index (χ2n) is 5.55. The molecule has 0 fully saturated rings. The Bertz CT molecular complexity index is 1160. The van der Waals surface area contributed by atoms with Crippen LogP contribution in [-0.4, -0.2) is 38.9 Å². The summed E-state index contributed by atoms with van der Waals surface area (Å²) in [7, 11) is -3.39. The number of sulfonamides is 1. The van der Waals surface area contributed by atoms with Crippen LogP contribution in [0.1, 0.15) is 6.92 Å². The maximum Gasteiger partial charge on any atom is 0.232 e. The van der Waals surface area contributed by atoms with Crippen molar-refractivity contribution in [1.29, 1.82) is 0 Å². The van der Waals surface area contributed by atoms with Gasteiger partial charge in [-0.3, -0.25) is 4.72 Å². The van der Waals surface area contributed by atoms with Crippen LogP contribution in [0, 0.1) is 0 Å². The molecule has 0 radical (unpaired) electrons. The summed E-state index contributed by atoms with van der Waals surface area (Å²) in [6.07, 6.45) is 1.76. The van der Waals surface area contributed by atoms with E-state index < -0.39 is 10.0 Å². The monoisotopic (exact) mass is 357 g/mol. The highest BCUT2D eigenvalue weighted by molar-refractivity contribution is 7.92. The summed E-state index contributed by atoms with van der Waals surface area (Å²) in [5.74, 6) is 0.261. The molecule has 0 saturated carbocycles. The summed E-state index contributed by atoms with van der Waals surface area (Å²) >= 11 is 0. The van der Waals surface area contributed by atoms with Crippen LogP contribution in [0.25, 0.3) is 27.9 Å². The fourth-order valence-corrected chi connectivity index (χ4v) is 3.29. The first kappa shape index (κ1) is 15.5. The van der Waals surface area contributed by atoms with Crippen molar-refractivity contribution in [2.75, 3.05) is 10.5 Å². The number of fused-ring (bicyclic) bond motifs is 2. The lowest BCUT2D eigenvalue weighted by Crippen LogP contribution is -2.14. The maximum absolute atomic E-state index is 11.8. The lowest BCUT2D eigenvalue weighted by Gasteiger charge is -2.06. The number of H-pyrrole nitrogens is 1. The van der Waals surface area contributed by atoms with Crippen molar-refractivity contribution in [3.05, 3.63) is 42.6 Å². The first-order valence-corrected chi connectivity index (χ1v) is 9.29. The first-order chi connectivity index (χ1) is 12.0. The Morgan fingerprint density at radius 1 is 1.28 bits per heavy atom. The molecule has 0 aliphatic carbocycles. The number of anilines is 1. The number of benzene rings is 1. The highest BCUT2D eigenvalue weighted by Gasteiger charge is 2.18. The van der Waals surface area contributed by atoms with Gasteiger partial charge in [-0.05, 0) is 37.3 Å². The lowest BCUT2D eigenvalue weighted by atomic mass is 10.1. The Morgan fingerprint density at radius 3 is 2.88 bits per heavy atom. The molecule has 0 unspecified atom stereocenters. The molecule has 3 N–H and O–H groups in total. The Hall–Kier alpha value is -3.07. The predicted octanol–water partition coefficient (Wildman–Crippen LogP) is 2.34. The van der Waals surface area contributed by atoms with E-state index in [0.29, 0.717) is 33.6 Å². The van der Waals surface area contributed by atoms with Gasteiger partial charge in [0.2, 0.25) is 15.9 Å². The van der Waals surface area contributed by atoms with Crippen LogP contribution < -0.4 is 4.72 Å². The highest BCUT2D eigenvalue weighted by atomic mass is 32.2. The molecule has 25 heavy (non-hydrogen) atoms. The van der Waals surface area contributed by atoms with Crippen LogP contribution in [0.4, 0.5) is 5.69 Å². The summed E-state index contributed by atoms with van der Waals surface area (Å²) < 4.78 is 27.7. The van der Waals surface area contributed by atoms with E-state index in [1.54, 1.807) is 35.8 Å². The van der Waals surface area contributed by atoms with Crippen molar-refractivity contribution in [1.82, 2.24) is 19.6 Å². The normalized spacial score (nSPS) is 12.0. The minimum absolute atomic E-state index is 0.0235. The fourth-order valence-electron chi connectivity index (χ4n) is 2.66. The highest BCUT2D eigenvalue weighted by Crippen LogP contribution is 2.36. The number of hydrogen-bond donors (Lipinski definition) is 3. The van der Waals surface area contributed by atoms with Crippen LogP contribution in [0.3, 0.4) is 0 Å². The number of nitrogens with one attached hydrogen (secondary N) is 2. The van der Waals surface area contributed by atoms with Gasteiger partial charge in [-0.25, -0.2) is 17.9 Å². The average Bonchev–Trinajstić information content (AvgIpc) is 3.13. The van der Waals surface area contributed by atoms with Gasteiger partial charge in [0.15, 0.2) is 11.5 Å². The fraction of sp³-hybridized carbons (Fsp3) is 0.125. The number of aromatic amines is 1. The van der Waals surface area contributed by atoms with E-state index in [-0.39, 0.29) is 11.6 Å². The van der Waals surface area contributed by atoms with E-state index in [4.69, 9.17) is 0 Å². The minimum atomic E-state index is -3.39. The average molecular weight is 357 g/mol. The summed E-state index contributed by atoms with van der Waals surface area (Å²) in [5, 5.41) is 15.3. The molecule has 3 aromatic heterocycles. The smallest absolute Gasteiger partial charge is 0.232 e. The standard InChI is InChI=1S/C16H15N5O3S/c1-2-25(23,24)20-10-6-7-12-11(9-10)14(16(22)17-12)15-18-13-5-3-4-8-21(13)19-15/h3-9,17,20,22H,2H2,1H3. The van der Waals surface area contributed by atoms with Gasteiger partial charge < -0.3 is 10.1 Å². The molecule has 1 aromatic carbocycles. The number of aromatic nitrogens is 4. The number of hydrogen-bond acceptors (Lipinski definition) is 5. The van der Waals surface area contributed by atoms with Gasteiger partial charge in [-0.1, -0.05) is 6.07 Å². The van der Waals surface area contributed by atoms with Crippen LogP contribution >= 0.6 is 0 Å².